The second-order valence-corrected chi connectivity index (χ2v) is 4.65. The standard InChI is InChI=1S/C14H23N3O3/c1-11(2)16-8-12-4-5-13(9-17-12)20-10-14(18)15-6-7-19-3/h4-5,9,11,16H,6-8,10H2,1-3H3,(H,15,18). The van der Waals surface area contributed by atoms with Gasteiger partial charge in [0.05, 0.1) is 18.5 Å². The van der Waals surface area contributed by atoms with Gasteiger partial charge in [0.1, 0.15) is 5.75 Å². The minimum absolute atomic E-state index is 0.0189. The molecule has 6 nitrogen and oxygen atoms in total. The highest BCUT2D eigenvalue weighted by Crippen LogP contribution is 2.08. The van der Waals surface area contributed by atoms with Crippen molar-refractivity contribution in [2.75, 3.05) is 26.9 Å². The van der Waals surface area contributed by atoms with Crippen molar-refractivity contribution < 1.29 is 14.3 Å². The van der Waals surface area contributed by atoms with E-state index in [1.165, 1.54) is 0 Å². The van der Waals surface area contributed by atoms with Crippen LogP contribution in [0.25, 0.3) is 0 Å². The largest absolute Gasteiger partial charge is 0.482 e. The number of ether oxygens (including phenoxy) is 2. The SMILES string of the molecule is COCCNC(=O)COc1ccc(CNC(C)C)nc1. The highest BCUT2D eigenvalue weighted by Gasteiger charge is 2.03. The van der Waals surface area contributed by atoms with Crippen molar-refractivity contribution in [3.63, 3.8) is 0 Å². The van der Waals surface area contributed by atoms with Gasteiger partial charge < -0.3 is 20.1 Å². The Morgan fingerprint density at radius 2 is 2.20 bits per heavy atom. The quantitative estimate of drug-likeness (QED) is 0.653. The van der Waals surface area contributed by atoms with E-state index in [-0.39, 0.29) is 12.5 Å². The molecule has 0 unspecified atom stereocenters. The lowest BCUT2D eigenvalue weighted by molar-refractivity contribution is -0.123. The Kier molecular flexibility index (Phi) is 7.60. The summed E-state index contributed by atoms with van der Waals surface area (Å²) < 4.78 is 10.2. The summed E-state index contributed by atoms with van der Waals surface area (Å²) >= 11 is 0. The predicted octanol–water partition coefficient (Wildman–Crippen LogP) is 0.721. The third-order valence-electron chi connectivity index (χ3n) is 2.49. The van der Waals surface area contributed by atoms with Crippen molar-refractivity contribution in [1.29, 1.82) is 0 Å². The molecule has 6 heteroatoms. The fourth-order valence-corrected chi connectivity index (χ4v) is 1.40. The molecule has 1 aromatic heterocycles. The second kappa shape index (κ2) is 9.28. The van der Waals surface area contributed by atoms with Crippen LogP contribution in [0.3, 0.4) is 0 Å². The molecule has 1 aromatic rings. The summed E-state index contributed by atoms with van der Waals surface area (Å²) in [7, 11) is 1.59. The molecule has 0 bridgehead atoms. The number of hydrogen-bond donors (Lipinski definition) is 2. The van der Waals surface area contributed by atoms with Crippen molar-refractivity contribution in [3.05, 3.63) is 24.0 Å². The Morgan fingerprint density at radius 3 is 2.80 bits per heavy atom. The Morgan fingerprint density at radius 1 is 1.40 bits per heavy atom. The average Bonchev–Trinajstić information content (AvgIpc) is 2.44. The zero-order chi connectivity index (χ0) is 14.8. The van der Waals surface area contributed by atoms with Gasteiger partial charge in [-0.05, 0) is 12.1 Å². The fourth-order valence-electron chi connectivity index (χ4n) is 1.40. The van der Waals surface area contributed by atoms with Gasteiger partial charge in [-0.25, -0.2) is 0 Å². The average molecular weight is 281 g/mol. The lowest BCUT2D eigenvalue weighted by Crippen LogP contribution is -2.31. The number of nitrogens with one attached hydrogen (secondary N) is 2. The summed E-state index contributed by atoms with van der Waals surface area (Å²) in [6.07, 6.45) is 1.62. The molecule has 112 valence electrons. The molecule has 2 N–H and O–H groups in total. The van der Waals surface area contributed by atoms with Crippen molar-refractivity contribution in [2.45, 2.75) is 26.4 Å². The normalized spacial score (nSPS) is 10.6. The monoisotopic (exact) mass is 281 g/mol. The summed E-state index contributed by atoms with van der Waals surface area (Å²) in [4.78, 5) is 15.7. The zero-order valence-corrected chi connectivity index (χ0v) is 12.3. The predicted molar refractivity (Wildman–Crippen MR) is 76.6 cm³/mol. The van der Waals surface area contributed by atoms with Crippen LogP contribution >= 0.6 is 0 Å². The van der Waals surface area contributed by atoms with Gasteiger partial charge in [-0.3, -0.25) is 9.78 Å². The van der Waals surface area contributed by atoms with E-state index in [0.717, 1.165) is 12.2 Å². The van der Waals surface area contributed by atoms with Crippen molar-refractivity contribution in [2.24, 2.45) is 0 Å². The minimum Gasteiger partial charge on any atom is -0.482 e. The number of pyridine rings is 1. The highest BCUT2D eigenvalue weighted by molar-refractivity contribution is 5.77. The highest BCUT2D eigenvalue weighted by atomic mass is 16.5. The van der Waals surface area contributed by atoms with Crippen LogP contribution in [-0.4, -0.2) is 43.8 Å². The van der Waals surface area contributed by atoms with Gasteiger partial charge in [0.2, 0.25) is 0 Å². The Labute approximate surface area is 119 Å². The first-order valence-electron chi connectivity index (χ1n) is 6.68. The van der Waals surface area contributed by atoms with E-state index < -0.39 is 0 Å². The number of carbonyl (C=O) groups excluding carboxylic acids is 1. The first-order valence-corrected chi connectivity index (χ1v) is 6.68. The topological polar surface area (TPSA) is 72.5 Å². The zero-order valence-electron chi connectivity index (χ0n) is 12.3. The molecule has 1 rings (SSSR count). The van der Waals surface area contributed by atoms with Crippen molar-refractivity contribution >= 4 is 5.91 Å². The lowest BCUT2D eigenvalue weighted by Gasteiger charge is -2.09. The molecule has 0 aromatic carbocycles. The first-order chi connectivity index (χ1) is 9.61. The third-order valence-corrected chi connectivity index (χ3v) is 2.49. The van der Waals surface area contributed by atoms with Crippen molar-refractivity contribution in [1.82, 2.24) is 15.6 Å². The van der Waals surface area contributed by atoms with Crippen LogP contribution in [-0.2, 0) is 16.1 Å². The molecular weight excluding hydrogens is 258 g/mol. The van der Waals surface area contributed by atoms with Gasteiger partial charge in [-0.1, -0.05) is 13.8 Å². The number of nitrogens with zero attached hydrogens (tertiary/aromatic N) is 1. The van der Waals surface area contributed by atoms with Crippen LogP contribution < -0.4 is 15.4 Å². The Hall–Kier alpha value is -1.66. The smallest absolute Gasteiger partial charge is 0.258 e. The van der Waals surface area contributed by atoms with Crippen LogP contribution in [0.5, 0.6) is 5.75 Å². The molecule has 0 aliphatic carbocycles. The molecule has 0 saturated heterocycles. The fraction of sp³-hybridized carbons (Fsp3) is 0.571. The molecule has 1 amide bonds. The molecule has 20 heavy (non-hydrogen) atoms. The van der Waals surface area contributed by atoms with Gasteiger partial charge in [-0.2, -0.15) is 0 Å². The van der Waals surface area contributed by atoms with E-state index >= 15 is 0 Å². The lowest BCUT2D eigenvalue weighted by atomic mass is 10.3. The Balaban J connectivity index is 2.28. The third kappa shape index (κ3) is 7.06. The molecule has 0 saturated carbocycles. The van der Waals surface area contributed by atoms with Crippen molar-refractivity contribution in [3.8, 4) is 5.75 Å². The number of methoxy groups -OCH3 is 1. The second-order valence-electron chi connectivity index (χ2n) is 4.65. The van der Waals surface area contributed by atoms with Gasteiger partial charge in [0, 0.05) is 26.2 Å². The van der Waals surface area contributed by atoms with E-state index in [9.17, 15) is 4.79 Å². The number of carbonyl (C=O) groups is 1. The maximum Gasteiger partial charge on any atom is 0.258 e. The van der Waals surface area contributed by atoms with E-state index in [2.05, 4.69) is 29.5 Å². The van der Waals surface area contributed by atoms with Gasteiger partial charge in [0.25, 0.3) is 5.91 Å². The van der Waals surface area contributed by atoms with E-state index in [0.29, 0.717) is 24.9 Å². The summed E-state index contributed by atoms with van der Waals surface area (Å²) in [5.41, 5.74) is 0.940. The molecular formula is C14H23N3O3. The van der Waals surface area contributed by atoms with Crippen LogP contribution in [0, 0.1) is 0 Å². The molecule has 0 atom stereocenters. The number of amides is 1. The van der Waals surface area contributed by atoms with Crippen LogP contribution in [0.15, 0.2) is 18.3 Å². The molecule has 0 spiro atoms. The van der Waals surface area contributed by atoms with Gasteiger partial charge >= 0.3 is 0 Å². The van der Waals surface area contributed by atoms with Gasteiger partial charge in [-0.15, -0.1) is 0 Å². The van der Waals surface area contributed by atoms with Crippen LogP contribution in [0.1, 0.15) is 19.5 Å². The number of rotatable bonds is 9. The first kappa shape index (κ1) is 16.4. The number of aromatic nitrogens is 1. The summed E-state index contributed by atoms with van der Waals surface area (Å²) in [6.45, 7) is 5.84. The van der Waals surface area contributed by atoms with Gasteiger partial charge in [0.15, 0.2) is 6.61 Å². The summed E-state index contributed by atoms with van der Waals surface area (Å²) in [5, 5.41) is 5.96. The molecule has 1 heterocycles. The minimum atomic E-state index is -0.174. The maximum atomic E-state index is 11.4. The molecule has 0 fully saturated rings. The van der Waals surface area contributed by atoms with E-state index in [1.54, 1.807) is 13.3 Å². The maximum absolute atomic E-state index is 11.4. The summed E-state index contributed by atoms with van der Waals surface area (Å²) in [6, 6.07) is 4.11. The van der Waals surface area contributed by atoms with Crippen LogP contribution in [0.2, 0.25) is 0 Å². The molecule has 0 radical (unpaired) electrons. The summed E-state index contributed by atoms with van der Waals surface area (Å²) in [5.74, 6) is 0.410. The molecule has 0 aliphatic rings. The Bertz CT molecular complexity index is 393. The van der Waals surface area contributed by atoms with E-state index in [4.69, 9.17) is 9.47 Å². The van der Waals surface area contributed by atoms with Crippen LogP contribution in [0.4, 0.5) is 0 Å². The number of hydrogen-bond acceptors (Lipinski definition) is 5. The molecule has 0 aliphatic heterocycles. The van der Waals surface area contributed by atoms with E-state index in [1.807, 2.05) is 12.1 Å².